The summed E-state index contributed by atoms with van der Waals surface area (Å²) in [4.78, 5) is 39.8. The molecule has 7 heteroatoms. The number of rotatable bonds is 4. The second-order valence-electron chi connectivity index (χ2n) is 7.67. The average molecular weight is 359 g/mol. The lowest BCUT2D eigenvalue weighted by Crippen LogP contribution is -2.39. The molecule has 1 aromatic rings. The Hall–Kier alpha value is -2.57. The van der Waals surface area contributed by atoms with Crippen molar-refractivity contribution in [1.29, 1.82) is 0 Å². The van der Waals surface area contributed by atoms with Gasteiger partial charge in [-0.15, -0.1) is 0 Å². The molecule has 1 aromatic carbocycles. The van der Waals surface area contributed by atoms with E-state index in [-0.39, 0.29) is 18.5 Å². The lowest BCUT2D eigenvalue weighted by molar-refractivity contribution is -0.128. The van der Waals surface area contributed by atoms with E-state index in [1.807, 2.05) is 24.3 Å². The molecule has 1 atom stereocenters. The highest BCUT2D eigenvalue weighted by atomic mass is 16.6. The SMILES string of the molecule is CC(C)(C)OC(=O)NCCCN1C(=O)[C@@H]2Cc3ccccc3CN2C1=O. The van der Waals surface area contributed by atoms with Crippen LogP contribution in [-0.4, -0.2) is 52.6 Å². The summed E-state index contributed by atoms with van der Waals surface area (Å²) in [5.41, 5.74) is 1.67. The van der Waals surface area contributed by atoms with Gasteiger partial charge < -0.3 is 15.0 Å². The van der Waals surface area contributed by atoms with Crippen LogP contribution in [0.3, 0.4) is 0 Å². The molecule has 0 unspecified atom stereocenters. The molecule has 0 bridgehead atoms. The van der Waals surface area contributed by atoms with Crippen LogP contribution >= 0.6 is 0 Å². The Balaban J connectivity index is 1.52. The van der Waals surface area contributed by atoms with E-state index in [0.717, 1.165) is 11.1 Å². The van der Waals surface area contributed by atoms with Crippen LogP contribution in [0, 0.1) is 0 Å². The van der Waals surface area contributed by atoms with Crippen molar-refractivity contribution in [3.05, 3.63) is 35.4 Å². The Kier molecular flexibility index (Phi) is 4.89. The molecule has 2 heterocycles. The van der Waals surface area contributed by atoms with Gasteiger partial charge in [-0.2, -0.15) is 0 Å². The van der Waals surface area contributed by atoms with Crippen LogP contribution in [0.25, 0.3) is 0 Å². The van der Waals surface area contributed by atoms with Crippen molar-refractivity contribution < 1.29 is 19.1 Å². The summed E-state index contributed by atoms with van der Waals surface area (Å²) in [5.74, 6) is -0.151. The first kappa shape index (κ1) is 18.2. The monoisotopic (exact) mass is 359 g/mol. The number of carbonyl (C=O) groups excluding carboxylic acids is 3. The first-order valence-electron chi connectivity index (χ1n) is 8.92. The van der Waals surface area contributed by atoms with E-state index in [1.165, 1.54) is 4.90 Å². The minimum absolute atomic E-state index is 0.151. The number of alkyl carbamates (subject to hydrolysis) is 1. The van der Waals surface area contributed by atoms with Gasteiger partial charge in [0.1, 0.15) is 11.6 Å². The number of hydrogen-bond donors (Lipinski definition) is 1. The van der Waals surface area contributed by atoms with Crippen LogP contribution in [0.5, 0.6) is 0 Å². The number of benzene rings is 1. The van der Waals surface area contributed by atoms with Gasteiger partial charge in [0.2, 0.25) is 0 Å². The molecular weight excluding hydrogens is 334 g/mol. The second kappa shape index (κ2) is 6.97. The summed E-state index contributed by atoms with van der Waals surface area (Å²) in [6.07, 6.45) is 0.557. The summed E-state index contributed by atoms with van der Waals surface area (Å²) in [7, 11) is 0. The van der Waals surface area contributed by atoms with Crippen molar-refractivity contribution in [2.45, 2.75) is 51.8 Å². The highest BCUT2D eigenvalue weighted by molar-refractivity contribution is 6.04. The number of hydrogen-bond acceptors (Lipinski definition) is 4. The van der Waals surface area contributed by atoms with Crippen molar-refractivity contribution in [3.8, 4) is 0 Å². The van der Waals surface area contributed by atoms with E-state index in [0.29, 0.717) is 25.9 Å². The van der Waals surface area contributed by atoms with Crippen molar-refractivity contribution >= 4 is 18.0 Å². The number of nitrogens with one attached hydrogen (secondary N) is 1. The molecule has 0 radical (unpaired) electrons. The molecule has 26 heavy (non-hydrogen) atoms. The van der Waals surface area contributed by atoms with Crippen LogP contribution in [-0.2, 0) is 22.5 Å². The Morgan fingerprint density at radius 3 is 2.62 bits per heavy atom. The van der Waals surface area contributed by atoms with Crippen LogP contribution < -0.4 is 5.32 Å². The van der Waals surface area contributed by atoms with E-state index < -0.39 is 17.7 Å². The van der Waals surface area contributed by atoms with Gasteiger partial charge in [-0.25, -0.2) is 9.59 Å². The molecular formula is C19H25N3O4. The molecule has 0 aromatic heterocycles. The van der Waals surface area contributed by atoms with E-state index in [2.05, 4.69) is 5.32 Å². The number of urea groups is 1. The third kappa shape index (κ3) is 3.81. The van der Waals surface area contributed by atoms with Crippen molar-refractivity contribution in [1.82, 2.24) is 15.1 Å². The smallest absolute Gasteiger partial charge is 0.407 e. The van der Waals surface area contributed by atoms with Crippen molar-refractivity contribution in [3.63, 3.8) is 0 Å². The zero-order valence-corrected chi connectivity index (χ0v) is 15.4. The van der Waals surface area contributed by atoms with Gasteiger partial charge in [-0.3, -0.25) is 9.69 Å². The van der Waals surface area contributed by atoms with E-state index in [4.69, 9.17) is 4.74 Å². The highest BCUT2D eigenvalue weighted by Crippen LogP contribution is 2.29. The first-order chi connectivity index (χ1) is 12.3. The molecule has 3 rings (SSSR count). The summed E-state index contributed by atoms with van der Waals surface area (Å²) >= 11 is 0. The predicted molar refractivity (Wildman–Crippen MR) is 95.4 cm³/mol. The molecule has 2 aliphatic rings. The topological polar surface area (TPSA) is 79.0 Å². The van der Waals surface area contributed by atoms with Crippen molar-refractivity contribution in [2.75, 3.05) is 13.1 Å². The standard InChI is InChI=1S/C19H25N3O4/c1-19(2,3)26-17(24)20-9-6-10-21-16(23)15-11-13-7-4-5-8-14(13)12-22(15)18(21)25/h4-5,7-8,15H,6,9-12H2,1-3H3,(H,20,24)/t15-/m0/s1. The molecule has 1 N–H and O–H groups in total. The van der Waals surface area contributed by atoms with Gasteiger partial charge in [-0.05, 0) is 38.3 Å². The van der Waals surface area contributed by atoms with E-state index in [9.17, 15) is 14.4 Å². The molecule has 0 saturated carbocycles. The largest absolute Gasteiger partial charge is 0.444 e. The average Bonchev–Trinajstić information content (AvgIpc) is 2.79. The number of imide groups is 1. The van der Waals surface area contributed by atoms with Gasteiger partial charge in [0.15, 0.2) is 0 Å². The fourth-order valence-electron chi connectivity index (χ4n) is 3.32. The Bertz CT molecular complexity index is 683. The maximum atomic E-state index is 12.6. The van der Waals surface area contributed by atoms with Crippen LogP contribution in [0.4, 0.5) is 9.59 Å². The van der Waals surface area contributed by atoms with Crippen LogP contribution in [0.15, 0.2) is 24.3 Å². The molecule has 4 amide bonds. The molecule has 0 spiro atoms. The molecule has 1 saturated heterocycles. The lowest BCUT2D eigenvalue weighted by atomic mass is 9.95. The zero-order chi connectivity index (χ0) is 18.9. The van der Waals surface area contributed by atoms with Gasteiger partial charge in [0.25, 0.3) is 5.91 Å². The van der Waals surface area contributed by atoms with Gasteiger partial charge in [0, 0.05) is 26.1 Å². The van der Waals surface area contributed by atoms with E-state index >= 15 is 0 Å². The van der Waals surface area contributed by atoms with Gasteiger partial charge in [-0.1, -0.05) is 24.3 Å². The van der Waals surface area contributed by atoms with E-state index in [1.54, 1.807) is 25.7 Å². The van der Waals surface area contributed by atoms with Gasteiger partial charge in [0.05, 0.1) is 0 Å². The second-order valence-corrected chi connectivity index (χ2v) is 7.67. The minimum Gasteiger partial charge on any atom is -0.444 e. The summed E-state index contributed by atoms with van der Waals surface area (Å²) < 4.78 is 5.16. The molecule has 0 aliphatic carbocycles. The molecule has 140 valence electrons. The predicted octanol–water partition coefficient (Wildman–Crippen LogP) is 2.29. The maximum absolute atomic E-state index is 12.6. The molecule has 2 aliphatic heterocycles. The fraction of sp³-hybridized carbons (Fsp3) is 0.526. The summed E-state index contributed by atoms with van der Waals surface area (Å²) in [5, 5.41) is 2.65. The summed E-state index contributed by atoms with van der Waals surface area (Å²) in [6.45, 7) is 6.48. The lowest BCUT2D eigenvalue weighted by Gasteiger charge is -2.28. The number of nitrogens with zero attached hydrogens (tertiary/aromatic N) is 2. The van der Waals surface area contributed by atoms with Crippen LogP contribution in [0.2, 0.25) is 0 Å². The Morgan fingerprint density at radius 1 is 1.23 bits per heavy atom. The summed E-state index contributed by atoms with van der Waals surface area (Å²) in [6, 6.07) is 7.26. The number of fused-ring (bicyclic) bond motifs is 2. The maximum Gasteiger partial charge on any atom is 0.407 e. The van der Waals surface area contributed by atoms with Crippen LogP contribution in [0.1, 0.15) is 38.3 Å². The number of amides is 4. The zero-order valence-electron chi connectivity index (χ0n) is 15.4. The number of carbonyl (C=O) groups is 3. The Labute approximate surface area is 153 Å². The number of ether oxygens (including phenoxy) is 1. The van der Waals surface area contributed by atoms with Gasteiger partial charge >= 0.3 is 12.1 Å². The Morgan fingerprint density at radius 2 is 1.92 bits per heavy atom. The molecule has 1 fully saturated rings. The first-order valence-corrected chi connectivity index (χ1v) is 8.92. The van der Waals surface area contributed by atoms with Crippen molar-refractivity contribution in [2.24, 2.45) is 0 Å². The minimum atomic E-state index is -0.553. The highest BCUT2D eigenvalue weighted by Gasteiger charge is 2.46. The quantitative estimate of drug-likeness (QED) is 0.661. The normalized spacial score (nSPS) is 19.3. The molecule has 7 nitrogen and oxygen atoms in total. The third-order valence-corrected chi connectivity index (χ3v) is 4.50. The fourth-order valence-corrected chi connectivity index (χ4v) is 3.32. The third-order valence-electron chi connectivity index (χ3n) is 4.50.